The van der Waals surface area contributed by atoms with Crippen molar-refractivity contribution in [3.63, 3.8) is 0 Å². The third-order valence-electron chi connectivity index (χ3n) is 6.36. The summed E-state index contributed by atoms with van der Waals surface area (Å²) in [7, 11) is 0. The molecule has 1 aromatic carbocycles. The molecule has 1 aliphatic carbocycles. The lowest BCUT2D eigenvalue weighted by Gasteiger charge is -2.29. The number of amides is 1. The van der Waals surface area contributed by atoms with Gasteiger partial charge in [-0.25, -0.2) is 9.97 Å². The van der Waals surface area contributed by atoms with Gasteiger partial charge in [-0.15, -0.1) is 0 Å². The molecule has 31 heavy (non-hydrogen) atoms. The molecular weight excluding hydrogens is 384 g/mol. The number of aromatic nitrogens is 3. The van der Waals surface area contributed by atoms with E-state index in [9.17, 15) is 4.79 Å². The van der Waals surface area contributed by atoms with Gasteiger partial charge in [0.25, 0.3) is 0 Å². The smallest absolute Gasteiger partial charge is 0.224 e. The SMILES string of the molecule is Cc1ncc(-c2ccncc2)c(C2CCC(CNC(=O)Cc3ccccc3C)CC2)n1. The van der Waals surface area contributed by atoms with Crippen LogP contribution in [0.5, 0.6) is 0 Å². The minimum absolute atomic E-state index is 0.114. The second-order valence-electron chi connectivity index (χ2n) is 8.58. The van der Waals surface area contributed by atoms with Crippen LogP contribution < -0.4 is 5.32 Å². The number of aryl methyl sites for hydroxylation is 2. The Kier molecular flexibility index (Phi) is 6.70. The fourth-order valence-electron chi connectivity index (χ4n) is 4.49. The number of nitrogens with zero attached hydrogens (tertiary/aromatic N) is 3. The van der Waals surface area contributed by atoms with Gasteiger partial charge in [-0.05, 0) is 74.3 Å². The molecule has 2 aromatic heterocycles. The molecule has 1 amide bonds. The van der Waals surface area contributed by atoms with E-state index in [4.69, 9.17) is 4.98 Å². The van der Waals surface area contributed by atoms with E-state index in [1.165, 1.54) is 5.56 Å². The molecular formula is C26H30N4O. The lowest BCUT2D eigenvalue weighted by Crippen LogP contribution is -2.32. The Bertz CT molecular complexity index is 1030. The zero-order valence-corrected chi connectivity index (χ0v) is 18.3. The topological polar surface area (TPSA) is 67.8 Å². The molecule has 5 heteroatoms. The maximum Gasteiger partial charge on any atom is 0.224 e. The van der Waals surface area contributed by atoms with Gasteiger partial charge in [0.1, 0.15) is 5.82 Å². The van der Waals surface area contributed by atoms with E-state index < -0.39 is 0 Å². The number of benzene rings is 1. The summed E-state index contributed by atoms with van der Waals surface area (Å²) in [6.07, 6.45) is 10.4. The number of rotatable bonds is 6. The molecule has 0 saturated heterocycles. The molecule has 0 radical (unpaired) electrons. The quantitative estimate of drug-likeness (QED) is 0.630. The lowest BCUT2D eigenvalue weighted by molar-refractivity contribution is -0.120. The van der Waals surface area contributed by atoms with Gasteiger partial charge in [0, 0.05) is 36.6 Å². The van der Waals surface area contributed by atoms with Crippen LogP contribution in [0.25, 0.3) is 11.1 Å². The largest absolute Gasteiger partial charge is 0.356 e. The lowest BCUT2D eigenvalue weighted by atomic mass is 9.79. The third kappa shape index (κ3) is 5.35. The Morgan fingerprint density at radius 3 is 2.52 bits per heavy atom. The van der Waals surface area contributed by atoms with E-state index >= 15 is 0 Å². The van der Waals surface area contributed by atoms with E-state index in [1.807, 2.05) is 55.8 Å². The standard InChI is InChI=1S/C26H30N4O/c1-18-5-3-4-6-23(18)15-25(31)29-16-20-7-9-22(10-8-20)26-24(17-28-19(2)30-26)21-11-13-27-14-12-21/h3-6,11-14,17,20,22H,7-10,15-16H2,1-2H3,(H,29,31). The van der Waals surface area contributed by atoms with Crippen molar-refractivity contribution in [2.24, 2.45) is 5.92 Å². The highest BCUT2D eigenvalue weighted by molar-refractivity contribution is 5.78. The molecule has 0 bridgehead atoms. The van der Waals surface area contributed by atoms with Gasteiger partial charge in [-0.2, -0.15) is 0 Å². The number of carbonyl (C=O) groups is 1. The number of hydrogen-bond acceptors (Lipinski definition) is 4. The van der Waals surface area contributed by atoms with Crippen LogP contribution in [0.2, 0.25) is 0 Å². The first-order valence-electron chi connectivity index (χ1n) is 11.2. The Labute approximate surface area is 184 Å². The van der Waals surface area contributed by atoms with Gasteiger partial charge in [-0.3, -0.25) is 9.78 Å². The second kappa shape index (κ2) is 9.82. The van der Waals surface area contributed by atoms with Crippen molar-refractivity contribution >= 4 is 5.91 Å². The van der Waals surface area contributed by atoms with Crippen molar-refractivity contribution < 1.29 is 4.79 Å². The molecule has 2 heterocycles. The van der Waals surface area contributed by atoms with Gasteiger partial charge in [-0.1, -0.05) is 24.3 Å². The van der Waals surface area contributed by atoms with Gasteiger partial charge in [0.15, 0.2) is 0 Å². The van der Waals surface area contributed by atoms with Crippen LogP contribution in [0.1, 0.15) is 54.2 Å². The normalized spacial score (nSPS) is 18.5. The first-order valence-corrected chi connectivity index (χ1v) is 11.2. The summed E-state index contributed by atoms with van der Waals surface area (Å²) in [6.45, 7) is 4.77. The molecule has 1 aliphatic rings. The van der Waals surface area contributed by atoms with Crippen molar-refractivity contribution in [3.05, 3.63) is 77.6 Å². The summed E-state index contributed by atoms with van der Waals surface area (Å²) >= 11 is 0. The Balaban J connectivity index is 1.34. The molecule has 1 fully saturated rings. The first-order chi connectivity index (χ1) is 15.1. The van der Waals surface area contributed by atoms with Crippen molar-refractivity contribution in [1.29, 1.82) is 0 Å². The van der Waals surface area contributed by atoms with Crippen LogP contribution in [-0.4, -0.2) is 27.4 Å². The van der Waals surface area contributed by atoms with Crippen molar-refractivity contribution in [2.75, 3.05) is 6.54 Å². The molecule has 4 rings (SSSR count). The minimum Gasteiger partial charge on any atom is -0.356 e. The van der Waals surface area contributed by atoms with Gasteiger partial charge >= 0.3 is 0 Å². The van der Waals surface area contributed by atoms with E-state index in [0.717, 1.165) is 60.4 Å². The highest BCUT2D eigenvalue weighted by Gasteiger charge is 2.26. The van der Waals surface area contributed by atoms with E-state index in [1.54, 1.807) is 0 Å². The number of pyridine rings is 1. The van der Waals surface area contributed by atoms with Crippen molar-refractivity contribution in [1.82, 2.24) is 20.3 Å². The average Bonchev–Trinajstić information content (AvgIpc) is 2.80. The zero-order chi connectivity index (χ0) is 21.6. The van der Waals surface area contributed by atoms with Crippen LogP contribution in [-0.2, 0) is 11.2 Å². The Morgan fingerprint density at radius 1 is 1.03 bits per heavy atom. The zero-order valence-electron chi connectivity index (χ0n) is 18.3. The van der Waals surface area contributed by atoms with E-state index in [2.05, 4.69) is 28.3 Å². The summed E-state index contributed by atoms with van der Waals surface area (Å²) < 4.78 is 0. The van der Waals surface area contributed by atoms with Crippen LogP contribution in [0.3, 0.4) is 0 Å². The number of carbonyl (C=O) groups excluding carboxylic acids is 1. The van der Waals surface area contributed by atoms with Crippen LogP contribution in [0.4, 0.5) is 0 Å². The predicted octanol–water partition coefficient (Wildman–Crippen LogP) is 4.79. The molecule has 1 saturated carbocycles. The molecule has 3 aromatic rings. The van der Waals surface area contributed by atoms with E-state index in [-0.39, 0.29) is 5.91 Å². The van der Waals surface area contributed by atoms with Gasteiger partial charge < -0.3 is 5.32 Å². The monoisotopic (exact) mass is 414 g/mol. The van der Waals surface area contributed by atoms with Crippen LogP contribution in [0.15, 0.2) is 55.0 Å². The van der Waals surface area contributed by atoms with Crippen LogP contribution >= 0.6 is 0 Å². The van der Waals surface area contributed by atoms with Gasteiger partial charge in [0.2, 0.25) is 5.91 Å². The summed E-state index contributed by atoms with van der Waals surface area (Å²) in [5.74, 6) is 1.90. The molecule has 160 valence electrons. The van der Waals surface area contributed by atoms with E-state index in [0.29, 0.717) is 18.3 Å². The predicted molar refractivity (Wildman–Crippen MR) is 123 cm³/mol. The summed E-state index contributed by atoms with van der Waals surface area (Å²) in [5, 5.41) is 3.16. The Morgan fingerprint density at radius 2 is 1.77 bits per heavy atom. The molecule has 0 atom stereocenters. The molecule has 5 nitrogen and oxygen atoms in total. The van der Waals surface area contributed by atoms with Crippen molar-refractivity contribution in [3.8, 4) is 11.1 Å². The first kappa shape index (κ1) is 21.2. The summed E-state index contributed by atoms with van der Waals surface area (Å²) in [6, 6.07) is 12.1. The fourth-order valence-corrected chi connectivity index (χ4v) is 4.49. The summed E-state index contributed by atoms with van der Waals surface area (Å²) in [5.41, 5.74) is 5.66. The Hall–Kier alpha value is -3.08. The maximum absolute atomic E-state index is 12.4. The molecule has 0 unspecified atom stereocenters. The molecule has 0 aliphatic heterocycles. The molecule has 0 spiro atoms. The highest BCUT2D eigenvalue weighted by Crippen LogP contribution is 2.38. The minimum atomic E-state index is 0.114. The molecule has 1 N–H and O–H groups in total. The number of hydrogen-bond donors (Lipinski definition) is 1. The maximum atomic E-state index is 12.4. The average molecular weight is 415 g/mol. The van der Waals surface area contributed by atoms with Crippen LogP contribution in [0, 0.1) is 19.8 Å². The second-order valence-corrected chi connectivity index (χ2v) is 8.58. The van der Waals surface area contributed by atoms with Crippen molar-refractivity contribution in [2.45, 2.75) is 51.9 Å². The third-order valence-corrected chi connectivity index (χ3v) is 6.36. The number of nitrogens with one attached hydrogen (secondary N) is 1. The highest BCUT2D eigenvalue weighted by atomic mass is 16.1. The summed E-state index contributed by atoms with van der Waals surface area (Å²) in [4.78, 5) is 25.8. The fraction of sp³-hybridized carbons (Fsp3) is 0.385. The van der Waals surface area contributed by atoms with Gasteiger partial charge in [0.05, 0.1) is 12.1 Å².